The second-order valence-corrected chi connectivity index (χ2v) is 14.5. The number of ether oxygens (including phenoxy) is 4. The van der Waals surface area contributed by atoms with E-state index < -0.39 is 53.6 Å². The SMILES string of the molecule is CCCCCC1(CCCCC)OC2C=C(C(=O)NC(CO)CCC(=O)OC(C)(C)C)CC(OC(=O)c3ccc(C=CC(=O)N(C)C)cc3)C2O1. The standard InChI is InChI=1S/C39H58N2O9/c1-8-10-12-22-39(23-13-11-9-2)48-32-25-29(36(45)40-30(26-42)19-21-34(44)49-38(3,4)5)24-31(35(32)50-39)47-37(46)28-17-14-27(15-18-28)16-20-33(43)41(6)7/h14-18,20,25,30-32,35,42H,8-13,19,21-24,26H2,1-7H3,(H,40,45). The Morgan fingerprint density at radius 1 is 1.02 bits per heavy atom. The summed E-state index contributed by atoms with van der Waals surface area (Å²) in [6.07, 6.45) is 10.5. The van der Waals surface area contributed by atoms with Gasteiger partial charge in [0, 0.05) is 51.4 Å². The van der Waals surface area contributed by atoms with Gasteiger partial charge in [-0.2, -0.15) is 0 Å². The Morgan fingerprint density at radius 3 is 2.22 bits per heavy atom. The Morgan fingerprint density at radius 2 is 1.66 bits per heavy atom. The van der Waals surface area contributed by atoms with E-state index in [4.69, 9.17) is 18.9 Å². The molecule has 1 aliphatic heterocycles. The molecule has 1 aliphatic carbocycles. The lowest BCUT2D eigenvalue weighted by Gasteiger charge is -2.31. The van der Waals surface area contributed by atoms with E-state index in [0.29, 0.717) is 24.0 Å². The van der Waals surface area contributed by atoms with Crippen molar-refractivity contribution in [2.24, 2.45) is 0 Å². The minimum absolute atomic E-state index is 0.0301. The second-order valence-electron chi connectivity index (χ2n) is 14.5. The van der Waals surface area contributed by atoms with Gasteiger partial charge >= 0.3 is 11.9 Å². The number of benzene rings is 1. The predicted octanol–water partition coefficient (Wildman–Crippen LogP) is 5.88. The van der Waals surface area contributed by atoms with Gasteiger partial charge in [-0.15, -0.1) is 0 Å². The molecule has 1 heterocycles. The molecular weight excluding hydrogens is 640 g/mol. The van der Waals surface area contributed by atoms with E-state index in [0.717, 1.165) is 44.1 Å². The molecule has 3 rings (SSSR count). The van der Waals surface area contributed by atoms with Crippen molar-refractivity contribution in [2.45, 2.75) is 141 Å². The summed E-state index contributed by atoms with van der Waals surface area (Å²) < 4.78 is 24.8. The maximum Gasteiger partial charge on any atom is 0.338 e. The van der Waals surface area contributed by atoms with Gasteiger partial charge in [0.1, 0.15) is 23.9 Å². The Hall–Kier alpha value is -3.54. The van der Waals surface area contributed by atoms with E-state index in [2.05, 4.69) is 19.2 Å². The summed E-state index contributed by atoms with van der Waals surface area (Å²) in [4.78, 5) is 52.8. The van der Waals surface area contributed by atoms with Gasteiger partial charge in [0.25, 0.3) is 0 Å². The molecule has 0 bridgehead atoms. The number of hydrogen-bond donors (Lipinski definition) is 2. The van der Waals surface area contributed by atoms with Crippen molar-refractivity contribution < 1.29 is 43.2 Å². The summed E-state index contributed by atoms with van der Waals surface area (Å²) in [5, 5.41) is 12.9. The maximum atomic E-state index is 13.6. The largest absolute Gasteiger partial charge is 0.460 e. The number of aliphatic hydroxyl groups excluding tert-OH is 1. The summed E-state index contributed by atoms with van der Waals surface area (Å²) in [5.41, 5.74) is 0.782. The molecule has 4 atom stereocenters. The minimum Gasteiger partial charge on any atom is -0.460 e. The first-order valence-corrected chi connectivity index (χ1v) is 18.1. The van der Waals surface area contributed by atoms with Crippen molar-refractivity contribution in [1.29, 1.82) is 0 Å². The molecule has 11 nitrogen and oxygen atoms in total. The van der Waals surface area contributed by atoms with Crippen molar-refractivity contribution in [3.8, 4) is 0 Å². The predicted molar refractivity (Wildman–Crippen MR) is 191 cm³/mol. The molecular formula is C39H58N2O9. The van der Waals surface area contributed by atoms with Crippen LogP contribution in [0.3, 0.4) is 0 Å². The highest BCUT2D eigenvalue weighted by molar-refractivity contribution is 5.95. The molecule has 2 N–H and O–H groups in total. The van der Waals surface area contributed by atoms with Crippen molar-refractivity contribution in [2.75, 3.05) is 20.7 Å². The molecule has 278 valence electrons. The van der Waals surface area contributed by atoms with E-state index in [1.54, 1.807) is 71.3 Å². The normalized spacial score (nSPS) is 20.5. The molecule has 2 aliphatic rings. The van der Waals surface area contributed by atoms with Crippen LogP contribution in [-0.4, -0.2) is 90.2 Å². The average molecular weight is 699 g/mol. The summed E-state index contributed by atoms with van der Waals surface area (Å²) in [6.45, 7) is 9.26. The molecule has 0 aromatic heterocycles. The summed E-state index contributed by atoms with van der Waals surface area (Å²) in [7, 11) is 3.34. The van der Waals surface area contributed by atoms with Crippen LogP contribution in [0.15, 0.2) is 42.0 Å². The summed E-state index contributed by atoms with van der Waals surface area (Å²) in [5.74, 6) is -2.43. The third kappa shape index (κ3) is 12.7. The Balaban J connectivity index is 1.82. The molecule has 0 spiro atoms. The topological polar surface area (TPSA) is 141 Å². The van der Waals surface area contributed by atoms with Crippen LogP contribution in [0.1, 0.15) is 121 Å². The number of nitrogens with zero attached hydrogens (tertiary/aromatic N) is 1. The number of likely N-dealkylation sites (N-methyl/N-ethyl adjacent to an activating group) is 1. The minimum atomic E-state index is -0.855. The number of esters is 2. The average Bonchev–Trinajstić information content (AvgIpc) is 3.43. The second kappa shape index (κ2) is 19.2. The van der Waals surface area contributed by atoms with Crippen LogP contribution in [-0.2, 0) is 33.3 Å². The fraction of sp³-hybridized carbons (Fsp3) is 0.641. The quantitative estimate of drug-likeness (QED) is 0.109. The van der Waals surface area contributed by atoms with E-state index in [-0.39, 0.29) is 31.8 Å². The number of hydrogen-bond acceptors (Lipinski definition) is 9. The number of rotatable bonds is 18. The van der Waals surface area contributed by atoms with Gasteiger partial charge in [0.05, 0.1) is 18.2 Å². The molecule has 4 unspecified atom stereocenters. The number of aliphatic hydroxyl groups is 1. The highest BCUT2D eigenvalue weighted by Crippen LogP contribution is 2.43. The van der Waals surface area contributed by atoms with Crippen LogP contribution in [0.4, 0.5) is 0 Å². The molecule has 1 fully saturated rings. The van der Waals surface area contributed by atoms with Crippen LogP contribution < -0.4 is 5.32 Å². The van der Waals surface area contributed by atoms with Crippen LogP contribution in [0.5, 0.6) is 0 Å². The molecule has 11 heteroatoms. The lowest BCUT2D eigenvalue weighted by molar-refractivity contribution is -0.190. The molecule has 2 amide bonds. The highest BCUT2D eigenvalue weighted by Gasteiger charge is 2.52. The molecule has 0 saturated carbocycles. The molecule has 1 saturated heterocycles. The number of unbranched alkanes of at least 4 members (excludes halogenated alkanes) is 4. The van der Waals surface area contributed by atoms with Crippen LogP contribution in [0.25, 0.3) is 6.08 Å². The first kappa shape index (κ1) is 40.9. The van der Waals surface area contributed by atoms with Crippen LogP contribution in [0, 0.1) is 0 Å². The first-order chi connectivity index (χ1) is 23.7. The van der Waals surface area contributed by atoms with Gasteiger partial charge in [-0.3, -0.25) is 14.4 Å². The van der Waals surface area contributed by atoms with Crippen molar-refractivity contribution in [3.63, 3.8) is 0 Å². The Labute approximate surface area is 297 Å². The summed E-state index contributed by atoms with van der Waals surface area (Å²) in [6, 6.07) is 6.04. The van der Waals surface area contributed by atoms with E-state index in [1.165, 1.54) is 11.0 Å². The van der Waals surface area contributed by atoms with Crippen LogP contribution in [0.2, 0.25) is 0 Å². The zero-order valence-corrected chi connectivity index (χ0v) is 31.0. The van der Waals surface area contributed by atoms with Gasteiger partial charge in [0.2, 0.25) is 11.8 Å². The van der Waals surface area contributed by atoms with Crippen molar-refractivity contribution in [1.82, 2.24) is 10.2 Å². The smallest absolute Gasteiger partial charge is 0.338 e. The Bertz CT molecular complexity index is 1340. The zero-order chi connectivity index (χ0) is 36.9. The third-order valence-corrected chi connectivity index (χ3v) is 8.73. The summed E-state index contributed by atoms with van der Waals surface area (Å²) >= 11 is 0. The van der Waals surface area contributed by atoms with Crippen molar-refractivity contribution in [3.05, 3.63) is 53.1 Å². The highest BCUT2D eigenvalue weighted by atomic mass is 16.8. The van der Waals surface area contributed by atoms with E-state index in [1.807, 2.05) is 0 Å². The lowest BCUT2D eigenvalue weighted by Crippen LogP contribution is -2.45. The number of amides is 2. The first-order valence-electron chi connectivity index (χ1n) is 18.1. The molecule has 0 radical (unpaired) electrons. The van der Waals surface area contributed by atoms with Gasteiger partial charge < -0.3 is 34.3 Å². The third-order valence-electron chi connectivity index (χ3n) is 8.73. The number of carbonyl (C=O) groups excluding carboxylic acids is 4. The number of fused-ring (bicyclic) bond motifs is 1. The Kier molecular flexibility index (Phi) is 15.7. The van der Waals surface area contributed by atoms with Crippen LogP contribution >= 0.6 is 0 Å². The van der Waals surface area contributed by atoms with E-state index in [9.17, 15) is 24.3 Å². The zero-order valence-electron chi connectivity index (χ0n) is 31.0. The molecule has 1 aromatic carbocycles. The van der Waals surface area contributed by atoms with Crippen molar-refractivity contribution >= 4 is 29.8 Å². The van der Waals surface area contributed by atoms with Gasteiger partial charge in [0.15, 0.2) is 5.79 Å². The number of carbonyl (C=O) groups is 4. The monoisotopic (exact) mass is 698 g/mol. The van der Waals surface area contributed by atoms with E-state index >= 15 is 0 Å². The fourth-order valence-electron chi connectivity index (χ4n) is 6.02. The molecule has 1 aromatic rings. The molecule has 50 heavy (non-hydrogen) atoms. The fourth-order valence-corrected chi connectivity index (χ4v) is 6.02. The van der Waals surface area contributed by atoms with Gasteiger partial charge in [-0.05, 0) is 69.9 Å². The van der Waals surface area contributed by atoms with Gasteiger partial charge in [-0.25, -0.2) is 4.79 Å². The number of nitrogens with one attached hydrogen (secondary N) is 1. The van der Waals surface area contributed by atoms with Gasteiger partial charge in [-0.1, -0.05) is 51.7 Å². The maximum absolute atomic E-state index is 13.6. The lowest BCUT2D eigenvalue weighted by atomic mass is 9.91.